The molecule has 0 aliphatic rings. The van der Waals surface area contributed by atoms with Crippen molar-refractivity contribution in [2.45, 2.75) is 33.7 Å². The number of nitrogens with one attached hydrogen (secondary N) is 2. The predicted molar refractivity (Wildman–Crippen MR) is 124 cm³/mol. The van der Waals surface area contributed by atoms with E-state index in [1.165, 1.54) is 16.1 Å². The molecule has 5 nitrogen and oxygen atoms in total. The summed E-state index contributed by atoms with van der Waals surface area (Å²) in [6.07, 6.45) is 3.00. The van der Waals surface area contributed by atoms with E-state index in [4.69, 9.17) is 0 Å². The van der Waals surface area contributed by atoms with Crippen LogP contribution in [0, 0.1) is 6.92 Å². The largest absolute Gasteiger partial charge is 0.370 e. The Hall–Kier alpha value is -1.35. The van der Waals surface area contributed by atoms with E-state index in [-0.39, 0.29) is 24.0 Å². The van der Waals surface area contributed by atoms with Crippen LogP contribution < -0.4 is 15.5 Å². The molecule has 0 atom stereocenters. The molecule has 0 radical (unpaired) electrons. The van der Waals surface area contributed by atoms with Gasteiger partial charge in [0.25, 0.3) is 0 Å². The summed E-state index contributed by atoms with van der Waals surface area (Å²) in [6, 6.07) is 8.63. The van der Waals surface area contributed by atoms with Crippen LogP contribution in [0.15, 0.2) is 35.5 Å². The van der Waals surface area contributed by atoms with Crippen molar-refractivity contribution in [1.82, 2.24) is 15.6 Å². The molecule has 2 rings (SSSR count). The van der Waals surface area contributed by atoms with E-state index in [1.54, 1.807) is 18.4 Å². The predicted octanol–water partition coefficient (Wildman–Crippen LogP) is 3.82. The molecule has 0 unspecified atom stereocenters. The third kappa shape index (κ3) is 7.11. The van der Waals surface area contributed by atoms with Crippen molar-refractivity contribution < 1.29 is 0 Å². The van der Waals surface area contributed by atoms with Gasteiger partial charge in [0.15, 0.2) is 5.96 Å². The number of aliphatic imine (C=N–C) groups is 1. The van der Waals surface area contributed by atoms with Crippen LogP contribution in [0.4, 0.5) is 5.69 Å². The summed E-state index contributed by atoms with van der Waals surface area (Å²) >= 11 is 1.75. The fourth-order valence-corrected chi connectivity index (χ4v) is 3.38. The lowest BCUT2D eigenvalue weighted by molar-refractivity contribution is 0.749. The van der Waals surface area contributed by atoms with E-state index in [9.17, 15) is 0 Å². The second kappa shape index (κ2) is 12.1. The number of guanidine groups is 1. The Balaban J connectivity index is 0.00000338. The zero-order chi connectivity index (χ0) is 18.1. The Morgan fingerprint density at radius 2 is 2.08 bits per heavy atom. The number of rotatable bonds is 8. The monoisotopic (exact) mass is 487 g/mol. The summed E-state index contributed by atoms with van der Waals surface area (Å²) in [6.45, 7) is 9.92. The van der Waals surface area contributed by atoms with Gasteiger partial charge in [0, 0.05) is 43.4 Å². The highest BCUT2D eigenvalue weighted by Gasteiger charge is 2.06. The lowest BCUT2D eigenvalue weighted by atomic mass is 10.2. The van der Waals surface area contributed by atoms with Crippen LogP contribution in [0.3, 0.4) is 0 Å². The molecule has 7 heteroatoms. The Labute approximate surface area is 178 Å². The summed E-state index contributed by atoms with van der Waals surface area (Å²) in [7, 11) is 1.80. The number of benzene rings is 1. The topological polar surface area (TPSA) is 52.6 Å². The first-order valence-corrected chi connectivity index (χ1v) is 9.67. The zero-order valence-electron chi connectivity index (χ0n) is 16.1. The second-order valence-electron chi connectivity index (χ2n) is 5.85. The second-order valence-corrected chi connectivity index (χ2v) is 7.04. The van der Waals surface area contributed by atoms with Gasteiger partial charge in [0.05, 0.1) is 6.54 Å². The number of halogens is 1. The van der Waals surface area contributed by atoms with Gasteiger partial charge >= 0.3 is 0 Å². The number of aromatic nitrogens is 1. The molecular weight excluding hydrogens is 457 g/mol. The van der Waals surface area contributed by atoms with Crippen molar-refractivity contribution in [3.63, 3.8) is 0 Å². The SMILES string of the molecule is CCc1cnc(CNC(=NC)NCCN(CC)c2cccc(C)c2)s1.I. The summed E-state index contributed by atoms with van der Waals surface area (Å²) < 4.78 is 0. The normalized spacial score (nSPS) is 11.0. The molecule has 144 valence electrons. The lowest BCUT2D eigenvalue weighted by Crippen LogP contribution is -2.41. The maximum Gasteiger partial charge on any atom is 0.191 e. The summed E-state index contributed by atoms with van der Waals surface area (Å²) in [5.74, 6) is 0.813. The first-order chi connectivity index (χ1) is 12.2. The average Bonchev–Trinajstić information content (AvgIpc) is 3.09. The molecule has 0 aliphatic heterocycles. The maximum absolute atomic E-state index is 4.43. The molecule has 0 bridgehead atoms. The van der Waals surface area contributed by atoms with Gasteiger partial charge in [-0.15, -0.1) is 35.3 Å². The van der Waals surface area contributed by atoms with E-state index in [2.05, 4.69) is 70.5 Å². The Morgan fingerprint density at radius 1 is 1.27 bits per heavy atom. The number of anilines is 1. The molecule has 0 amide bonds. The number of hydrogen-bond acceptors (Lipinski definition) is 4. The van der Waals surface area contributed by atoms with E-state index >= 15 is 0 Å². The van der Waals surface area contributed by atoms with Crippen LogP contribution >= 0.6 is 35.3 Å². The molecule has 0 aliphatic carbocycles. The van der Waals surface area contributed by atoms with Crippen LogP contribution in [0.1, 0.15) is 29.3 Å². The van der Waals surface area contributed by atoms with Gasteiger partial charge in [0.1, 0.15) is 5.01 Å². The fraction of sp³-hybridized carbons (Fsp3) is 0.474. The van der Waals surface area contributed by atoms with E-state index in [0.29, 0.717) is 6.54 Å². The molecule has 2 aromatic rings. The first kappa shape index (κ1) is 22.7. The first-order valence-electron chi connectivity index (χ1n) is 8.86. The maximum atomic E-state index is 4.43. The average molecular weight is 487 g/mol. The van der Waals surface area contributed by atoms with Gasteiger partial charge in [-0.3, -0.25) is 4.99 Å². The van der Waals surface area contributed by atoms with Crippen LogP contribution in [0.5, 0.6) is 0 Å². The van der Waals surface area contributed by atoms with Gasteiger partial charge < -0.3 is 15.5 Å². The van der Waals surface area contributed by atoms with Crippen molar-refractivity contribution in [2.24, 2.45) is 4.99 Å². The molecule has 2 N–H and O–H groups in total. The molecular formula is C19H30IN5S. The van der Waals surface area contributed by atoms with Gasteiger partial charge in [0.2, 0.25) is 0 Å². The Bertz CT molecular complexity index is 686. The van der Waals surface area contributed by atoms with Crippen molar-refractivity contribution in [3.05, 3.63) is 45.9 Å². The van der Waals surface area contributed by atoms with Crippen LogP contribution in [-0.4, -0.2) is 37.6 Å². The summed E-state index contributed by atoms with van der Waals surface area (Å²) in [5.41, 5.74) is 2.55. The molecule has 1 aromatic heterocycles. The van der Waals surface area contributed by atoms with Crippen molar-refractivity contribution in [2.75, 3.05) is 31.6 Å². The number of aryl methyl sites for hydroxylation is 2. The highest BCUT2D eigenvalue weighted by Crippen LogP contribution is 2.15. The van der Waals surface area contributed by atoms with Crippen LogP contribution in [-0.2, 0) is 13.0 Å². The zero-order valence-corrected chi connectivity index (χ0v) is 19.2. The van der Waals surface area contributed by atoms with Crippen molar-refractivity contribution >= 4 is 47.0 Å². The summed E-state index contributed by atoms with van der Waals surface area (Å²) in [5, 5.41) is 7.81. The minimum atomic E-state index is 0. The van der Waals surface area contributed by atoms with Gasteiger partial charge in [-0.2, -0.15) is 0 Å². The number of nitrogens with zero attached hydrogens (tertiary/aromatic N) is 3. The Morgan fingerprint density at radius 3 is 2.69 bits per heavy atom. The molecule has 0 spiro atoms. The fourth-order valence-electron chi connectivity index (χ4n) is 2.58. The summed E-state index contributed by atoms with van der Waals surface area (Å²) in [4.78, 5) is 12.4. The number of hydrogen-bond donors (Lipinski definition) is 2. The number of thiazole rings is 1. The van der Waals surface area contributed by atoms with Gasteiger partial charge in [-0.05, 0) is 38.0 Å². The quantitative estimate of drug-likeness (QED) is 0.338. The highest BCUT2D eigenvalue weighted by atomic mass is 127. The highest BCUT2D eigenvalue weighted by molar-refractivity contribution is 14.0. The minimum Gasteiger partial charge on any atom is -0.370 e. The molecule has 0 saturated heterocycles. The third-order valence-corrected chi connectivity index (χ3v) is 5.14. The molecule has 0 saturated carbocycles. The van der Waals surface area contributed by atoms with E-state index < -0.39 is 0 Å². The molecule has 1 heterocycles. The van der Waals surface area contributed by atoms with Gasteiger partial charge in [-0.25, -0.2) is 4.98 Å². The third-order valence-electron chi connectivity index (χ3n) is 4.00. The number of likely N-dealkylation sites (N-methyl/N-ethyl adjacent to an activating group) is 1. The van der Waals surface area contributed by atoms with Crippen molar-refractivity contribution in [3.8, 4) is 0 Å². The van der Waals surface area contributed by atoms with Gasteiger partial charge in [-0.1, -0.05) is 19.1 Å². The lowest BCUT2D eigenvalue weighted by Gasteiger charge is -2.24. The molecule has 0 fully saturated rings. The van der Waals surface area contributed by atoms with E-state index in [1.807, 2.05) is 6.20 Å². The smallest absolute Gasteiger partial charge is 0.191 e. The minimum absolute atomic E-state index is 0. The van der Waals surface area contributed by atoms with Crippen LogP contribution in [0.2, 0.25) is 0 Å². The molecule has 26 heavy (non-hydrogen) atoms. The van der Waals surface area contributed by atoms with Crippen LogP contribution in [0.25, 0.3) is 0 Å². The van der Waals surface area contributed by atoms with E-state index in [0.717, 1.165) is 37.0 Å². The Kier molecular flexibility index (Phi) is 10.6. The van der Waals surface area contributed by atoms with Crippen molar-refractivity contribution in [1.29, 1.82) is 0 Å². The molecule has 1 aromatic carbocycles. The standard InChI is InChI=1S/C19H29N5S.HI/c1-5-17-13-22-18(25-17)14-23-19(20-4)21-10-11-24(6-2)16-9-7-8-15(3)12-16;/h7-9,12-13H,5-6,10-11,14H2,1-4H3,(H2,20,21,23);1H.